The molecule has 0 aliphatic rings. The molecule has 1 aromatic heterocycles. The smallest absolute Gasteiger partial charge is 0.248 e. The molecule has 6 heteroatoms. The molecule has 0 saturated carbocycles. The van der Waals surface area contributed by atoms with E-state index in [2.05, 4.69) is 10.3 Å². The number of carbonyl (C=O) groups excluding carboxylic acids is 1. The Kier molecular flexibility index (Phi) is 4.61. The Bertz CT molecular complexity index is 643. The van der Waals surface area contributed by atoms with Gasteiger partial charge in [0.2, 0.25) is 5.91 Å². The number of anilines is 2. The normalized spacial score (nSPS) is 10.1. The fourth-order valence-corrected chi connectivity index (χ4v) is 1.85. The van der Waals surface area contributed by atoms with Crippen molar-refractivity contribution in [2.75, 3.05) is 24.2 Å². The molecule has 2 aromatic rings. The Morgan fingerprint density at radius 1 is 1.33 bits per heavy atom. The zero-order valence-electron chi connectivity index (χ0n) is 11.8. The minimum absolute atomic E-state index is 0.426. The molecule has 1 amide bonds. The van der Waals surface area contributed by atoms with Crippen LogP contribution in [0.3, 0.4) is 0 Å². The lowest BCUT2D eigenvalue weighted by Gasteiger charge is -2.10. The van der Waals surface area contributed by atoms with Crippen LogP contribution in [-0.4, -0.2) is 24.0 Å². The molecule has 1 heterocycles. The third-order valence-corrected chi connectivity index (χ3v) is 2.82. The second-order valence-electron chi connectivity index (χ2n) is 4.56. The number of hydrogen-bond donors (Lipinski definition) is 3. The molecule has 6 nitrogen and oxygen atoms in total. The predicted octanol–water partition coefficient (Wildman–Crippen LogP) is 1.56. The summed E-state index contributed by atoms with van der Waals surface area (Å²) in [4.78, 5) is 15.5. The summed E-state index contributed by atoms with van der Waals surface area (Å²) in [5.74, 6) is 0.764. The van der Waals surface area contributed by atoms with E-state index in [4.69, 9.17) is 16.2 Å². The third kappa shape index (κ3) is 4.10. The Morgan fingerprint density at radius 2 is 2.10 bits per heavy atom. The van der Waals surface area contributed by atoms with E-state index in [-0.39, 0.29) is 0 Å². The van der Waals surface area contributed by atoms with E-state index in [1.807, 2.05) is 18.2 Å². The van der Waals surface area contributed by atoms with Gasteiger partial charge in [-0.25, -0.2) is 4.98 Å². The van der Waals surface area contributed by atoms with Crippen molar-refractivity contribution in [3.63, 3.8) is 0 Å². The zero-order valence-corrected chi connectivity index (χ0v) is 11.8. The second-order valence-corrected chi connectivity index (χ2v) is 4.56. The highest BCUT2D eigenvalue weighted by atomic mass is 16.5. The molecule has 0 saturated heterocycles. The van der Waals surface area contributed by atoms with Crippen molar-refractivity contribution in [1.29, 1.82) is 0 Å². The summed E-state index contributed by atoms with van der Waals surface area (Å²) in [7, 11) is 0. The van der Waals surface area contributed by atoms with E-state index in [0.29, 0.717) is 36.0 Å². The number of aromatic nitrogens is 1. The number of aryl methyl sites for hydroxylation is 1. The van der Waals surface area contributed by atoms with Crippen LogP contribution in [0, 0.1) is 6.92 Å². The number of hydrogen-bond acceptors (Lipinski definition) is 5. The van der Waals surface area contributed by atoms with E-state index in [1.54, 1.807) is 25.1 Å². The fourth-order valence-electron chi connectivity index (χ4n) is 1.85. The number of nitrogens with two attached hydrogens (primary N) is 2. The molecule has 0 spiro atoms. The first-order valence-corrected chi connectivity index (χ1v) is 6.56. The van der Waals surface area contributed by atoms with Crippen molar-refractivity contribution in [2.24, 2.45) is 5.73 Å². The Hall–Kier alpha value is -2.76. The van der Waals surface area contributed by atoms with Crippen LogP contribution in [0.4, 0.5) is 11.5 Å². The van der Waals surface area contributed by atoms with Crippen molar-refractivity contribution < 1.29 is 9.53 Å². The number of nitrogens with one attached hydrogen (secondary N) is 1. The predicted molar refractivity (Wildman–Crippen MR) is 82.3 cm³/mol. The van der Waals surface area contributed by atoms with Gasteiger partial charge in [-0.05, 0) is 31.2 Å². The molecule has 0 bridgehead atoms. The molecule has 0 aliphatic carbocycles. The number of ether oxygens (including phenoxy) is 1. The lowest BCUT2D eigenvalue weighted by atomic mass is 10.2. The molecular formula is C15H18N4O2. The Morgan fingerprint density at radius 3 is 2.81 bits per heavy atom. The van der Waals surface area contributed by atoms with Crippen molar-refractivity contribution in [1.82, 2.24) is 4.98 Å². The summed E-state index contributed by atoms with van der Waals surface area (Å²) in [6.07, 6.45) is 0. The lowest BCUT2D eigenvalue weighted by molar-refractivity contribution is 0.1000. The van der Waals surface area contributed by atoms with Gasteiger partial charge < -0.3 is 21.5 Å². The fraction of sp³-hybridized carbons (Fsp3) is 0.200. The summed E-state index contributed by atoms with van der Waals surface area (Å²) in [6.45, 7) is 2.76. The average Bonchev–Trinajstić information content (AvgIpc) is 2.44. The molecule has 21 heavy (non-hydrogen) atoms. The first-order valence-electron chi connectivity index (χ1n) is 6.56. The minimum Gasteiger partial charge on any atom is -0.490 e. The number of benzene rings is 1. The minimum atomic E-state index is -0.475. The highest BCUT2D eigenvalue weighted by molar-refractivity contribution is 5.93. The van der Waals surface area contributed by atoms with E-state index in [9.17, 15) is 4.79 Å². The summed E-state index contributed by atoms with van der Waals surface area (Å²) in [5.41, 5.74) is 12.8. The summed E-state index contributed by atoms with van der Waals surface area (Å²) < 4.78 is 5.56. The van der Waals surface area contributed by atoms with Gasteiger partial charge in [0.1, 0.15) is 18.2 Å². The molecule has 5 N–H and O–H groups in total. The molecule has 0 aliphatic heterocycles. The summed E-state index contributed by atoms with van der Waals surface area (Å²) >= 11 is 0. The van der Waals surface area contributed by atoms with Crippen molar-refractivity contribution in [2.45, 2.75) is 6.92 Å². The standard InChI is InChI=1S/C15H18N4O2/c1-10-8-11(15(17)20)9-14(19-10)18-6-7-21-13-5-3-2-4-12(13)16/h2-5,8-9H,6-7,16H2,1H3,(H2,17,20)(H,18,19). The van der Waals surface area contributed by atoms with Gasteiger partial charge in [0.15, 0.2) is 0 Å². The van der Waals surface area contributed by atoms with Crippen molar-refractivity contribution in [3.8, 4) is 5.75 Å². The largest absolute Gasteiger partial charge is 0.490 e. The highest BCUT2D eigenvalue weighted by Gasteiger charge is 2.05. The summed E-state index contributed by atoms with van der Waals surface area (Å²) in [6, 6.07) is 10.6. The SMILES string of the molecule is Cc1cc(C(N)=O)cc(NCCOc2ccccc2N)n1. The number of rotatable bonds is 6. The molecule has 2 rings (SSSR count). The van der Waals surface area contributed by atoms with E-state index in [1.165, 1.54) is 0 Å². The van der Waals surface area contributed by atoms with Gasteiger partial charge >= 0.3 is 0 Å². The lowest BCUT2D eigenvalue weighted by Crippen LogP contribution is -2.15. The topological polar surface area (TPSA) is 103 Å². The number of amides is 1. The van der Waals surface area contributed by atoms with Crippen molar-refractivity contribution >= 4 is 17.4 Å². The maximum Gasteiger partial charge on any atom is 0.248 e. The van der Waals surface area contributed by atoms with E-state index in [0.717, 1.165) is 5.69 Å². The van der Waals surface area contributed by atoms with E-state index < -0.39 is 5.91 Å². The van der Waals surface area contributed by atoms with Crippen LogP contribution >= 0.6 is 0 Å². The zero-order chi connectivity index (χ0) is 15.2. The number of nitrogens with zero attached hydrogens (tertiary/aromatic N) is 1. The van der Waals surface area contributed by atoms with Crippen LogP contribution < -0.4 is 21.5 Å². The maximum atomic E-state index is 11.2. The monoisotopic (exact) mass is 286 g/mol. The Labute approximate surface area is 123 Å². The molecule has 110 valence electrons. The number of primary amides is 1. The average molecular weight is 286 g/mol. The van der Waals surface area contributed by atoms with Crippen LogP contribution in [0.5, 0.6) is 5.75 Å². The third-order valence-electron chi connectivity index (χ3n) is 2.82. The summed E-state index contributed by atoms with van der Waals surface area (Å²) in [5, 5.41) is 3.09. The van der Waals surface area contributed by atoms with Gasteiger partial charge in [-0.15, -0.1) is 0 Å². The van der Waals surface area contributed by atoms with Crippen LogP contribution in [0.15, 0.2) is 36.4 Å². The van der Waals surface area contributed by atoms with Crippen molar-refractivity contribution in [3.05, 3.63) is 47.7 Å². The van der Waals surface area contributed by atoms with Crippen LogP contribution in [0.25, 0.3) is 0 Å². The molecule has 0 atom stereocenters. The van der Waals surface area contributed by atoms with Gasteiger partial charge in [0, 0.05) is 11.3 Å². The molecule has 0 unspecified atom stereocenters. The molecule has 1 aromatic carbocycles. The molecule has 0 radical (unpaired) electrons. The van der Waals surface area contributed by atoms with Gasteiger partial charge in [0.05, 0.1) is 12.2 Å². The quantitative estimate of drug-likeness (QED) is 0.552. The molecular weight excluding hydrogens is 268 g/mol. The first kappa shape index (κ1) is 14.6. The van der Waals surface area contributed by atoms with Gasteiger partial charge in [-0.2, -0.15) is 0 Å². The number of para-hydroxylation sites is 2. The van der Waals surface area contributed by atoms with Gasteiger partial charge in [-0.3, -0.25) is 4.79 Å². The maximum absolute atomic E-state index is 11.2. The van der Waals surface area contributed by atoms with E-state index >= 15 is 0 Å². The first-order chi connectivity index (χ1) is 10.1. The number of nitrogen functional groups attached to an aromatic ring is 1. The van der Waals surface area contributed by atoms with Crippen LogP contribution in [0.1, 0.15) is 16.1 Å². The van der Waals surface area contributed by atoms with Crippen LogP contribution in [-0.2, 0) is 0 Å². The Balaban J connectivity index is 1.89. The molecule has 0 fully saturated rings. The van der Waals surface area contributed by atoms with Gasteiger partial charge in [0.25, 0.3) is 0 Å². The number of carbonyl (C=O) groups is 1. The van der Waals surface area contributed by atoms with Crippen LogP contribution in [0.2, 0.25) is 0 Å². The number of pyridine rings is 1. The second kappa shape index (κ2) is 6.60. The van der Waals surface area contributed by atoms with Gasteiger partial charge in [-0.1, -0.05) is 12.1 Å². The highest BCUT2D eigenvalue weighted by Crippen LogP contribution is 2.19.